The van der Waals surface area contributed by atoms with Crippen molar-refractivity contribution in [1.82, 2.24) is 20.0 Å². The molecule has 0 saturated carbocycles. The summed E-state index contributed by atoms with van der Waals surface area (Å²) in [5.74, 6) is -0.195. The lowest BCUT2D eigenvalue weighted by Crippen LogP contribution is -2.34. The van der Waals surface area contributed by atoms with Crippen LogP contribution in [0.4, 0.5) is 4.39 Å². The molecule has 8 nitrogen and oxygen atoms in total. The van der Waals surface area contributed by atoms with Crippen molar-refractivity contribution in [1.29, 1.82) is 0 Å². The van der Waals surface area contributed by atoms with Gasteiger partial charge in [0.05, 0.1) is 6.04 Å². The number of ether oxygens (including phenoxy) is 1. The number of aromatic nitrogens is 3. The number of aromatic amines is 1. The second kappa shape index (κ2) is 7.81. The van der Waals surface area contributed by atoms with Gasteiger partial charge < -0.3 is 19.1 Å². The van der Waals surface area contributed by atoms with Gasteiger partial charge in [0.2, 0.25) is 0 Å². The highest BCUT2D eigenvalue weighted by Gasteiger charge is 2.23. The second-order valence-corrected chi connectivity index (χ2v) is 5.83. The molecule has 0 saturated heterocycles. The summed E-state index contributed by atoms with van der Waals surface area (Å²) in [7, 11) is 1.56. The summed E-state index contributed by atoms with van der Waals surface area (Å²) in [6.45, 7) is 1.74. The number of carbonyl (C=O) groups is 1. The van der Waals surface area contributed by atoms with Gasteiger partial charge in [0, 0.05) is 19.3 Å². The number of hydrogen-bond acceptors (Lipinski definition) is 6. The third-order valence-electron chi connectivity index (χ3n) is 4.06. The highest BCUT2D eigenvalue weighted by atomic mass is 19.1. The number of hydrogen-bond donors (Lipinski definition) is 1. The maximum atomic E-state index is 12.9. The number of H-pyrrole nitrogens is 1. The standard InChI is InChI=1S/C18H17FN4O4/c1-11(15-7-8-27-22-15)23(2)18(25)14-9-20-16(21-17(14)24)10-26-13-5-3-12(19)4-6-13/h3-9,11H,10H2,1-2H3,(H,20,21,24)/t11-/m1/s1. The first-order valence-corrected chi connectivity index (χ1v) is 8.09. The van der Waals surface area contributed by atoms with Crippen LogP contribution in [0.25, 0.3) is 0 Å². The predicted octanol–water partition coefficient (Wildman–Crippen LogP) is 2.31. The zero-order valence-electron chi connectivity index (χ0n) is 14.7. The maximum Gasteiger partial charge on any atom is 0.263 e. The summed E-state index contributed by atoms with van der Waals surface area (Å²) in [6.07, 6.45) is 2.62. The van der Waals surface area contributed by atoms with Gasteiger partial charge in [-0.05, 0) is 31.2 Å². The van der Waals surface area contributed by atoms with Gasteiger partial charge in [-0.25, -0.2) is 9.37 Å². The second-order valence-electron chi connectivity index (χ2n) is 5.83. The van der Waals surface area contributed by atoms with Crippen LogP contribution in [-0.4, -0.2) is 33.0 Å². The zero-order valence-corrected chi connectivity index (χ0v) is 14.7. The smallest absolute Gasteiger partial charge is 0.263 e. The Kier molecular flexibility index (Phi) is 5.30. The average Bonchev–Trinajstić information content (AvgIpc) is 3.21. The minimum Gasteiger partial charge on any atom is -0.486 e. The molecule has 0 fully saturated rings. The van der Waals surface area contributed by atoms with Gasteiger partial charge in [-0.15, -0.1) is 0 Å². The fourth-order valence-electron chi connectivity index (χ4n) is 2.34. The van der Waals surface area contributed by atoms with Crippen LogP contribution in [-0.2, 0) is 6.61 Å². The molecule has 2 aromatic heterocycles. The number of amides is 1. The van der Waals surface area contributed by atoms with Crippen molar-refractivity contribution in [2.45, 2.75) is 19.6 Å². The van der Waals surface area contributed by atoms with Crippen LogP contribution in [0.1, 0.15) is 34.8 Å². The fraction of sp³-hybridized carbons (Fsp3) is 0.222. The lowest BCUT2D eigenvalue weighted by molar-refractivity contribution is 0.0735. The molecule has 3 rings (SSSR count). The number of carbonyl (C=O) groups excluding carboxylic acids is 1. The van der Waals surface area contributed by atoms with Crippen molar-refractivity contribution in [2.75, 3.05) is 7.05 Å². The molecule has 0 aliphatic rings. The van der Waals surface area contributed by atoms with E-state index in [4.69, 9.17) is 9.26 Å². The SMILES string of the molecule is C[C@H](c1ccon1)N(C)C(=O)c1cnc(COc2ccc(F)cc2)[nH]c1=O. The monoisotopic (exact) mass is 372 g/mol. The van der Waals surface area contributed by atoms with E-state index in [0.717, 1.165) is 0 Å². The van der Waals surface area contributed by atoms with Gasteiger partial charge in [0.1, 0.15) is 41.5 Å². The lowest BCUT2D eigenvalue weighted by Gasteiger charge is -2.22. The number of rotatable bonds is 6. The molecular weight excluding hydrogens is 355 g/mol. The normalized spacial score (nSPS) is 11.8. The maximum absolute atomic E-state index is 12.9. The molecule has 1 aromatic carbocycles. The topological polar surface area (TPSA) is 101 Å². The number of benzene rings is 1. The van der Waals surface area contributed by atoms with Crippen LogP contribution in [0.5, 0.6) is 5.75 Å². The van der Waals surface area contributed by atoms with Crippen LogP contribution in [0.3, 0.4) is 0 Å². The minimum atomic E-state index is -0.577. The van der Waals surface area contributed by atoms with Gasteiger partial charge >= 0.3 is 0 Å². The van der Waals surface area contributed by atoms with Crippen molar-refractivity contribution in [2.24, 2.45) is 0 Å². The molecule has 9 heteroatoms. The Morgan fingerprint density at radius 1 is 1.33 bits per heavy atom. The number of nitrogens with zero attached hydrogens (tertiary/aromatic N) is 3. The highest BCUT2D eigenvalue weighted by Crippen LogP contribution is 2.18. The third-order valence-corrected chi connectivity index (χ3v) is 4.06. The number of halogens is 1. The molecule has 0 aliphatic heterocycles. The van der Waals surface area contributed by atoms with Gasteiger partial charge in [-0.2, -0.15) is 0 Å². The Labute approximate surface area is 153 Å². The lowest BCUT2D eigenvalue weighted by atomic mass is 10.2. The summed E-state index contributed by atoms with van der Waals surface area (Å²) in [5, 5.41) is 3.80. The van der Waals surface area contributed by atoms with Crippen LogP contribution in [0, 0.1) is 5.82 Å². The molecule has 27 heavy (non-hydrogen) atoms. The van der Waals surface area contributed by atoms with Gasteiger partial charge in [-0.3, -0.25) is 9.59 Å². The highest BCUT2D eigenvalue weighted by molar-refractivity contribution is 5.93. The molecule has 3 aromatic rings. The third kappa shape index (κ3) is 4.20. The molecule has 1 atom stereocenters. The zero-order chi connectivity index (χ0) is 19.4. The molecule has 0 radical (unpaired) electrons. The first-order valence-electron chi connectivity index (χ1n) is 8.09. The minimum absolute atomic E-state index is 0.0273. The van der Waals surface area contributed by atoms with Crippen molar-refractivity contribution in [3.05, 3.63) is 76.0 Å². The van der Waals surface area contributed by atoms with E-state index in [1.165, 1.54) is 41.6 Å². The average molecular weight is 372 g/mol. The Hall–Kier alpha value is -3.49. The van der Waals surface area contributed by atoms with E-state index in [-0.39, 0.29) is 29.9 Å². The van der Waals surface area contributed by atoms with Crippen LogP contribution < -0.4 is 10.3 Å². The van der Waals surface area contributed by atoms with Gasteiger partial charge in [-0.1, -0.05) is 5.16 Å². The van der Waals surface area contributed by atoms with Crippen molar-refractivity contribution < 1.29 is 18.4 Å². The molecule has 1 amide bonds. The van der Waals surface area contributed by atoms with Crippen molar-refractivity contribution in [3.8, 4) is 5.75 Å². The molecule has 140 valence electrons. The van der Waals surface area contributed by atoms with E-state index in [1.54, 1.807) is 20.0 Å². The van der Waals surface area contributed by atoms with Crippen LogP contribution in [0.2, 0.25) is 0 Å². The van der Waals surface area contributed by atoms with Gasteiger partial charge in [0.25, 0.3) is 11.5 Å². The van der Waals surface area contributed by atoms with Crippen molar-refractivity contribution in [3.63, 3.8) is 0 Å². The summed E-state index contributed by atoms with van der Waals surface area (Å²) >= 11 is 0. The first-order chi connectivity index (χ1) is 13.0. The molecule has 0 spiro atoms. The Balaban J connectivity index is 1.69. The first kappa shape index (κ1) is 18.3. The Morgan fingerprint density at radius 2 is 2.07 bits per heavy atom. The Morgan fingerprint density at radius 3 is 2.70 bits per heavy atom. The molecule has 2 heterocycles. The molecule has 1 N–H and O–H groups in total. The summed E-state index contributed by atoms with van der Waals surface area (Å²) in [6, 6.07) is 6.72. The summed E-state index contributed by atoms with van der Waals surface area (Å²) in [4.78, 5) is 32.8. The van der Waals surface area contributed by atoms with Crippen LogP contribution >= 0.6 is 0 Å². The van der Waals surface area contributed by atoms with E-state index >= 15 is 0 Å². The molecular formula is C18H17FN4O4. The molecule has 0 aliphatic carbocycles. The summed E-state index contributed by atoms with van der Waals surface area (Å²) < 4.78 is 23.1. The fourth-order valence-corrected chi connectivity index (χ4v) is 2.34. The van der Waals surface area contributed by atoms with E-state index in [2.05, 4.69) is 15.1 Å². The quantitative estimate of drug-likeness (QED) is 0.712. The van der Waals surface area contributed by atoms with Gasteiger partial charge in [0.15, 0.2) is 0 Å². The van der Waals surface area contributed by atoms with E-state index in [0.29, 0.717) is 11.4 Å². The Bertz CT molecular complexity index is 970. The van der Waals surface area contributed by atoms with Crippen molar-refractivity contribution >= 4 is 5.91 Å². The molecule has 0 bridgehead atoms. The van der Waals surface area contributed by atoms with E-state index in [1.807, 2.05) is 0 Å². The predicted molar refractivity (Wildman–Crippen MR) is 92.6 cm³/mol. The van der Waals surface area contributed by atoms with Crippen LogP contribution in [0.15, 0.2) is 52.1 Å². The largest absolute Gasteiger partial charge is 0.486 e. The summed E-state index contributed by atoms with van der Waals surface area (Å²) in [5.41, 5.74) is -0.107. The molecule has 0 unspecified atom stereocenters. The van der Waals surface area contributed by atoms with E-state index < -0.39 is 11.5 Å². The number of nitrogens with one attached hydrogen (secondary N) is 1. The van der Waals surface area contributed by atoms with E-state index in [9.17, 15) is 14.0 Å².